The first kappa shape index (κ1) is 8.04. The van der Waals surface area contributed by atoms with E-state index in [1.165, 1.54) is 0 Å². The van der Waals surface area contributed by atoms with Gasteiger partial charge in [-0.1, -0.05) is 6.92 Å². The summed E-state index contributed by atoms with van der Waals surface area (Å²) in [6.07, 6.45) is 0.668. The fourth-order valence-electron chi connectivity index (χ4n) is 1.54. The van der Waals surface area contributed by atoms with Crippen molar-refractivity contribution in [1.82, 2.24) is 4.98 Å². The largest absolute Gasteiger partial charge is 0.494 e. The van der Waals surface area contributed by atoms with Gasteiger partial charge in [-0.2, -0.15) is 0 Å². The molecule has 0 saturated carbocycles. The third-order valence-electron chi connectivity index (χ3n) is 2.31. The van der Waals surface area contributed by atoms with Crippen molar-refractivity contribution in [3.63, 3.8) is 0 Å². The summed E-state index contributed by atoms with van der Waals surface area (Å²) in [6, 6.07) is 0. The Balaban J connectivity index is 2.91. The van der Waals surface area contributed by atoms with Crippen LogP contribution in [0.3, 0.4) is 0 Å². The smallest absolute Gasteiger partial charge is 0.275 e. The summed E-state index contributed by atoms with van der Waals surface area (Å²) >= 11 is 0. The molecule has 1 aromatic rings. The lowest BCUT2D eigenvalue weighted by Crippen LogP contribution is -2.22. The number of aromatic amines is 1. The zero-order valence-corrected chi connectivity index (χ0v) is 7.51. The van der Waals surface area contributed by atoms with Crippen LogP contribution in [0, 0.1) is 0 Å². The first-order valence-corrected chi connectivity index (χ1v) is 4.19. The number of hydrogen-bond donors (Lipinski definition) is 2. The van der Waals surface area contributed by atoms with Gasteiger partial charge < -0.3 is 10.1 Å². The summed E-state index contributed by atoms with van der Waals surface area (Å²) in [4.78, 5) is 17.8. The third kappa shape index (κ3) is 0.915. The SMILES string of the molecule is CCc1c(O)[nH]c2c1=NC(=O)C=2C. The normalized spacial score (nSPS) is 14.6. The van der Waals surface area contributed by atoms with Crippen molar-refractivity contribution in [2.24, 2.45) is 4.99 Å². The number of fused-ring (bicyclic) bond motifs is 1. The molecular formula is C9H10N2O2. The molecule has 1 aromatic heterocycles. The molecule has 4 nitrogen and oxygen atoms in total. The minimum atomic E-state index is -0.212. The molecule has 0 bridgehead atoms. The van der Waals surface area contributed by atoms with Crippen LogP contribution in [0.25, 0.3) is 5.57 Å². The Hall–Kier alpha value is -1.58. The molecule has 0 aliphatic carbocycles. The maximum atomic E-state index is 11.2. The molecule has 2 N–H and O–H groups in total. The van der Waals surface area contributed by atoms with Crippen molar-refractivity contribution < 1.29 is 9.90 Å². The minimum absolute atomic E-state index is 0.128. The molecule has 2 rings (SSSR count). The molecule has 0 radical (unpaired) electrons. The van der Waals surface area contributed by atoms with Crippen LogP contribution < -0.4 is 10.7 Å². The van der Waals surface area contributed by atoms with E-state index in [1.54, 1.807) is 6.92 Å². The Morgan fingerprint density at radius 1 is 1.54 bits per heavy atom. The van der Waals surface area contributed by atoms with E-state index < -0.39 is 0 Å². The van der Waals surface area contributed by atoms with Gasteiger partial charge in [-0.25, -0.2) is 4.99 Å². The van der Waals surface area contributed by atoms with E-state index >= 15 is 0 Å². The number of carbonyl (C=O) groups excluding carboxylic acids is 1. The number of hydrogen-bond acceptors (Lipinski definition) is 2. The maximum absolute atomic E-state index is 11.2. The van der Waals surface area contributed by atoms with Crippen LogP contribution in [-0.4, -0.2) is 16.0 Å². The van der Waals surface area contributed by atoms with Crippen molar-refractivity contribution in [3.8, 4) is 5.88 Å². The van der Waals surface area contributed by atoms with Gasteiger partial charge >= 0.3 is 0 Å². The van der Waals surface area contributed by atoms with Crippen LogP contribution in [0.5, 0.6) is 5.88 Å². The Labute approximate surface area is 74.6 Å². The number of amides is 1. The first-order valence-electron chi connectivity index (χ1n) is 4.19. The van der Waals surface area contributed by atoms with Crippen molar-refractivity contribution in [2.75, 3.05) is 0 Å². The standard InChI is InChI=1S/C9H10N2O2/c1-3-5-7-6(10-9(5)13)4(2)8(12)11-7/h10,13H,3H2,1-2H3. The Bertz CT molecular complexity index is 496. The Morgan fingerprint density at radius 2 is 2.23 bits per heavy atom. The zero-order chi connectivity index (χ0) is 9.59. The molecule has 0 atom stereocenters. The summed E-state index contributed by atoms with van der Waals surface area (Å²) in [7, 11) is 0. The molecule has 2 heterocycles. The number of aromatic nitrogens is 1. The van der Waals surface area contributed by atoms with Gasteiger partial charge in [0.05, 0.1) is 10.7 Å². The molecule has 0 aromatic carbocycles. The summed E-state index contributed by atoms with van der Waals surface area (Å²) < 4.78 is 0. The lowest BCUT2D eigenvalue weighted by molar-refractivity contribution is -0.112. The summed E-state index contributed by atoms with van der Waals surface area (Å²) in [5.74, 6) is -0.0842. The highest BCUT2D eigenvalue weighted by Crippen LogP contribution is 2.09. The summed E-state index contributed by atoms with van der Waals surface area (Å²) in [5.41, 5.74) is 1.30. The van der Waals surface area contributed by atoms with E-state index in [0.717, 1.165) is 5.56 Å². The molecule has 0 saturated heterocycles. The molecular weight excluding hydrogens is 168 g/mol. The predicted octanol–water partition coefficient (Wildman–Crippen LogP) is -0.387. The lowest BCUT2D eigenvalue weighted by atomic mass is 10.2. The van der Waals surface area contributed by atoms with Gasteiger partial charge in [-0.05, 0) is 13.3 Å². The highest BCUT2D eigenvalue weighted by atomic mass is 16.3. The number of carbonyl (C=O) groups is 1. The minimum Gasteiger partial charge on any atom is -0.494 e. The van der Waals surface area contributed by atoms with Crippen molar-refractivity contribution in [1.29, 1.82) is 0 Å². The van der Waals surface area contributed by atoms with E-state index in [0.29, 0.717) is 22.7 Å². The average molecular weight is 178 g/mol. The molecule has 13 heavy (non-hydrogen) atoms. The first-order chi connectivity index (χ1) is 6.15. The fourth-order valence-corrected chi connectivity index (χ4v) is 1.54. The van der Waals surface area contributed by atoms with Gasteiger partial charge in [0.2, 0.25) is 0 Å². The zero-order valence-electron chi connectivity index (χ0n) is 7.51. The maximum Gasteiger partial charge on any atom is 0.275 e. The second kappa shape index (κ2) is 2.45. The van der Waals surface area contributed by atoms with Gasteiger partial charge in [0, 0.05) is 11.1 Å². The van der Waals surface area contributed by atoms with Crippen molar-refractivity contribution >= 4 is 11.5 Å². The summed E-state index contributed by atoms with van der Waals surface area (Å²) in [6.45, 7) is 3.61. The molecule has 4 heteroatoms. The van der Waals surface area contributed by atoms with E-state index in [2.05, 4.69) is 9.98 Å². The average Bonchev–Trinajstić information content (AvgIpc) is 2.52. The van der Waals surface area contributed by atoms with Crippen LogP contribution >= 0.6 is 0 Å². The van der Waals surface area contributed by atoms with Gasteiger partial charge in [0.15, 0.2) is 5.88 Å². The van der Waals surface area contributed by atoms with Crippen LogP contribution in [-0.2, 0) is 11.2 Å². The van der Waals surface area contributed by atoms with Crippen LogP contribution in [0.2, 0.25) is 0 Å². The number of H-pyrrole nitrogens is 1. The van der Waals surface area contributed by atoms with E-state index in [9.17, 15) is 9.90 Å². The second-order valence-corrected chi connectivity index (χ2v) is 3.07. The highest BCUT2D eigenvalue weighted by Gasteiger charge is 2.17. The Kier molecular flexibility index (Phi) is 1.52. The molecule has 0 spiro atoms. The van der Waals surface area contributed by atoms with Gasteiger partial charge in [0.25, 0.3) is 5.91 Å². The molecule has 1 aliphatic rings. The van der Waals surface area contributed by atoms with E-state index in [4.69, 9.17) is 0 Å². The topological polar surface area (TPSA) is 65.4 Å². The van der Waals surface area contributed by atoms with E-state index in [-0.39, 0.29) is 11.8 Å². The van der Waals surface area contributed by atoms with Gasteiger partial charge in [-0.3, -0.25) is 4.79 Å². The number of nitrogens with one attached hydrogen (secondary N) is 1. The number of aromatic hydroxyl groups is 1. The monoisotopic (exact) mass is 178 g/mol. The van der Waals surface area contributed by atoms with Crippen molar-refractivity contribution in [2.45, 2.75) is 20.3 Å². The van der Waals surface area contributed by atoms with Crippen LogP contribution in [0.15, 0.2) is 4.99 Å². The quantitative estimate of drug-likeness (QED) is 0.615. The molecule has 1 amide bonds. The fraction of sp³-hybridized carbons (Fsp3) is 0.333. The van der Waals surface area contributed by atoms with Gasteiger partial charge in [0.1, 0.15) is 0 Å². The van der Waals surface area contributed by atoms with Crippen LogP contribution in [0.1, 0.15) is 19.4 Å². The number of rotatable bonds is 1. The van der Waals surface area contributed by atoms with Gasteiger partial charge in [-0.15, -0.1) is 0 Å². The lowest BCUT2D eigenvalue weighted by Gasteiger charge is -1.90. The van der Waals surface area contributed by atoms with Crippen molar-refractivity contribution in [3.05, 3.63) is 16.3 Å². The van der Waals surface area contributed by atoms with Crippen LogP contribution in [0.4, 0.5) is 0 Å². The predicted molar refractivity (Wildman–Crippen MR) is 46.7 cm³/mol. The highest BCUT2D eigenvalue weighted by molar-refractivity contribution is 6.14. The molecule has 1 aliphatic heterocycles. The third-order valence-corrected chi connectivity index (χ3v) is 2.31. The Morgan fingerprint density at radius 3 is 2.85 bits per heavy atom. The molecule has 0 unspecified atom stereocenters. The van der Waals surface area contributed by atoms with E-state index in [1.807, 2.05) is 6.92 Å². The summed E-state index contributed by atoms with van der Waals surface area (Å²) in [5, 5.41) is 10.7. The number of nitrogens with zero attached hydrogens (tertiary/aromatic N) is 1. The second-order valence-electron chi connectivity index (χ2n) is 3.07. The molecule has 0 fully saturated rings. The molecule has 68 valence electrons.